The maximum absolute atomic E-state index is 6.13. The van der Waals surface area contributed by atoms with E-state index in [0.717, 1.165) is 12.2 Å². The van der Waals surface area contributed by atoms with Crippen LogP contribution in [0.15, 0.2) is 48.5 Å². The molecule has 0 heterocycles. The minimum Gasteiger partial charge on any atom is -0.324 e. The molecule has 0 saturated heterocycles. The Morgan fingerprint density at radius 2 is 1.72 bits per heavy atom. The number of rotatable bonds is 4. The summed E-state index contributed by atoms with van der Waals surface area (Å²) in [4.78, 5) is 0. The van der Waals surface area contributed by atoms with Gasteiger partial charge in [-0.1, -0.05) is 48.0 Å². The van der Waals surface area contributed by atoms with Gasteiger partial charge in [-0.2, -0.15) is 12.6 Å². The van der Waals surface area contributed by atoms with Crippen LogP contribution in [-0.2, 0) is 0 Å². The van der Waals surface area contributed by atoms with Gasteiger partial charge in [0.1, 0.15) is 0 Å². The van der Waals surface area contributed by atoms with Gasteiger partial charge in [0.15, 0.2) is 0 Å². The van der Waals surface area contributed by atoms with Crippen LogP contribution in [0.3, 0.4) is 0 Å². The van der Waals surface area contributed by atoms with Crippen LogP contribution < -0.4 is 5.73 Å². The Kier molecular flexibility index (Phi) is 4.45. The SMILES string of the molecule is Cc1cccc(-c2cccc(C(N)CCS)c2)c1. The first-order chi connectivity index (χ1) is 8.70. The summed E-state index contributed by atoms with van der Waals surface area (Å²) in [7, 11) is 0. The Hall–Kier alpha value is -1.25. The summed E-state index contributed by atoms with van der Waals surface area (Å²) in [6.45, 7) is 2.11. The Balaban J connectivity index is 2.32. The van der Waals surface area contributed by atoms with Crippen molar-refractivity contribution >= 4 is 12.6 Å². The van der Waals surface area contributed by atoms with E-state index in [-0.39, 0.29) is 6.04 Å². The molecule has 2 aromatic carbocycles. The third-order valence-corrected chi connectivity index (χ3v) is 3.36. The molecule has 2 aromatic rings. The summed E-state index contributed by atoms with van der Waals surface area (Å²) in [5.74, 6) is 0.815. The van der Waals surface area contributed by atoms with Crippen molar-refractivity contribution in [1.29, 1.82) is 0 Å². The lowest BCUT2D eigenvalue weighted by Gasteiger charge is -2.12. The average molecular weight is 257 g/mol. The second-order valence-corrected chi connectivity index (χ2v) is 5.06. The highest BCUT2D eigenvalue weighted by Crippen LogP contribution is 2.24. The minimum atomic E-state index is 0.0762. The molecule has 18 heavy (non-hydrogen) atoms. The molecular formula is C16H19NS. The van der Waals surface area contributed by atoms with Gasteiger partial charge in [-0.25, -0.2) is 0 Å². The molecule has 1 unspecified atom stereocenters. The quantitative estimate of drug-likeness (QED) is 0.796. The van der Waals surface area contributed by atoms with Crippen LogP contribution in [0, 0.1) is 6.92 Å². The van der Waals surface area contributed by atoms with E-state index in [1.54, 1.807) is 0 Å². The fourth-order valence-corrected chi connectivity index (χ4v) is 2.36. The van der Waals surface area contributed by atoms with Gasteiger partial charge in [-0.3, -0.25) is 0 Å². The summed E-state index contributed by atoms with van der Waals surface area (Å²) >= 11 is 4.24. The van der Waals surface area contributed by atoms with Crippen molar-refractivity contribution in [3.63, 3.8) is 0 Å². The van der Waals surface area contributed by atoms with E-state index >= 15 is 0 Å². The monoisotopic (exact) mass is 257 g/mol. The third-order valence-electron chi connectivity index (χ3n) is 3.11. The first kappa shape index (κ1) is 13.2. The molecule has 2 heteroatoms. The van der Waals surface area contributed by atoms with Crippen LogP contribution in [0.25, 0.3) is 11.1 Å². The molecule has 2 rings (SSSR count). The highest BCUT2D eigenvalue weighted by Gasteiger charge is 2.06. The van der Waals surface area contributed by atoms with E-state index in [4.69, 9.17) is 5.73 Å². The zero-order valence-electron chi connectivity index (χ0n) is 10.6. The van der Waals surface area contributed by atoms with Crippen molar-refractivity contribution < 1.29 is 0 Å². The standard InChI is InChI=1S/C16H19NS/c1-12-4-2-5-13(10-12)14-6-3-7-15(11-14)16(17)8-9-18/h2-7,10-11,16,18H,8-9,17H2,1H3. The Morgan fingerprint density at radius 3 is 2.39 bits per heavy atom. The van der Waals surface area contributed by atoms with Crippen molar-refractivity contribution in [2.45, 2.75) is 19.4 Å². The van der Waals surface area contributed by atoms with Crippen LogP contribution in [0.5, 0.6) is 0 Å². The Morgan fingerprint density at radius 1 is 1.06 bits per heavy atom. The van der Waals surface area contributed by atoms with E-state index in [2.05, 4.69) is 68.1 Å². The molecule has 0 radical (unpaired) electrons. The molecular weight excluding hydrogens is 238 g/mol. The number of nitrogens with two attached hydrogens (primary N) is 1. The van der Waals surface area contributed by atoms with Crippen LogP contribution in [0.4, 0.5) is 0 Å². The van der Waals surface area contributed by atoms with E-state index in [1.165, 1.54) is 22.3 Å². The topological polar surface area (TPSA) is 26.0 Å². The van der Waals surface area contributed by atoms with Gasteiger partial charge >= 0.3 is 0 Å². The molecule has 0 amide bonds. The van der Waals surface area contributed by atoms with E-state index in [1.807, 2.05) is 0 Å². The summed E-state index contributed by atoms with van der Waals surface area (Å²) in [6.07, 6.45) is 0.903. The average Bonchev–Trinajstić information content (AvgIpc) is 2.39. The number of benzene rings is 2. The van der Waals surface area contributed by atoms with Crippen molar-refractivity contribution in [3.05, 3.63) is 59.7 Å². The van der Waals surface area contributed by atoms with Crippen LogP contribution >= 0.6 is 12.6 Å². The normalized spacial score (nSPS) is 12.4. The van der Waals surface area contributed by atoms with Gasteiger partial charge in [0.05, 0.1) is 0 Å². The lowest BCUT2D eigenvalue weighted by molar-refractivity contribution is 0.707. The van der Waals surface area contributed by atoms with Gasteiger partial charge in [-0.15, -0.1) is 0 Å². The van der Waals surface area contributed by atoms with Crippen molar-refractivity contribution in [3.8, 4) is 11.1 Å². The van der Waals surface area contributed by atoms with E-state index in [0.29, 0.717) is 0 Å². The zero-order chi connectivity index (χ0) is 13.0. The number of hydrogen-bond donors (Lipinski definition) is 2. The molecule has 0 fully saturated rings. The molecule has 2 N–H and O–H groups in total. The molecule has 94 valence electrons. The lowest BCUT2D eigenvalue weighted by Crippen LogP contribution is -2.10. The second-order valence-electron chi connectivity index (χ2n) is 4.61. The Bertz CT molecular complexity index is 522. The van der Waals surface area contributed by atoms with Crippen LogP contribution in [0.1, 0.15) is 23.6 Å². The second kappa shape index (κ2) is 6.07. The van der Waals surface area contributed by atoms with Crippen molar-refractivity contribution in [1.82, 2.24) is 0 Å². The summed E-state index contributed by atoms with van der Waals surface area (Å²) in [5, 5.41) is 0. The van der Waals surface area contributed by atoms with Gasteiger partial charge < -0.3 is 5.73 Å². The molecule has 0 aliphatic carbocycles. The first-order valence-corrected chi connectivity index (χ1v) is 6.87. The molecule has 0 aliphatic rings. The van der Waals surface area contributed by atoms with Gasteiger partial charge in [0.25, 0.3) is 0 Å². The Labute approximate surface area is 114 Å². The maximum atomic E-state index is 6.13. The molecule has 0 saturated carbocycles. The highest BCUT2D eigenvalue weighted by atomic mass is 32.1. The smallest absolute Gasteiger partial charge is 0.0302 e. The van der Waals surface area contributed by atoms with Gasteiger partial charge in [0, 0.05) is 6.04 Å². The summed E-state index contributed by atoms with van der Waals surface area (Å²) in [5.41, 5.74) is 11.1. The van der Waals surface area contributed by atoms with Crippen molar-refractivity contribution in [2.24, 2.45) is 5.73 Å². The summed E-state index contributed by atoms with van der Waals surface area (Å²) < 4.78 is 0. The predicted molar refractivity (Wildman–Crippen MR) is 82.0 cm³/mol. The molecule has 0 bridgehead atoms. The molecule has 0 spiro atoms. The molecule has 0 aromatic heterocycles. The largest absolute Gasteiger partial charge is 0.324 e. The fourth-order valence-electron chi connectivity index (χ4n) is 2.08. The molecule has 1 atom stereocenters. The lowest BCUT2D eigenvalue weighted by atomic mass is 9.98. The number of aryl methyl sites for hydroxylation is 1. The number of hydrogen-bond acceptors (Lipinski definition) is 2. The first-order valence-electron chi connectivity index (χ1n) is 6.24. The third kappa shape index (κ3) is 3.15. The maximum Gasteiger partial charge on any atom is 0.0302 e. The minimum absolute atomic E-state index is 0.0762. The fraction of sp³-hybridized carbons (Fsp3) is 0.250. The van der Waals surface area contributed by atoms with E-state index in [9.17, 15) is 0 Å². The van der Waals surface area contributed by atoms with E-state index < -0.39 is 0 Å². The van der Waals surface area contributed by atoms with Gasteiger partial charge in [-0.05, 0) is 41.9 Å². The molecule has 1 nitrogen and oxygen atoms in total. The highest BCUT2D eigenvalue weighted by molar-refractivity contribution is 7.80. The van der Waals surface area contributed by atoms with Crippen LogP contribution in [0.2, 0.25) is 0 Å². The van der Waals surface area contributed by atoms with Gasteiger partial charge in [0.2, 0.25) is 0 Å². The zero-order valence-corrected chi connectivity index (χ0v) is 11.5. The van der Waals surface area contributed by atoms with Crippen LogP contribution in [-0.4, -0.2) is 5.75 Å². The van der Waals surface area contributed by atoms with Crippen molar-refractivity contribution in [2.75, 3.05) is 5.75 Å². The molecule has 0 aliphatic heterocycles. The summed E-state index contributed by atoms with van der Waals surface area (Å²) in [6, 6.07) is 17.1. The number of thiol groups is 1. The predicted octanol–water partition coefficient (Wildman–Crippen LogP) is 3.98.